The molecule has 0 unspecified atom stereocenters. The van der Waals surface area contributed by atoms with Crippen molar-refractivity contribution in [2.75, 3.05) is 6.61 Å². The number of benzene rings is 1. The molecule has 0 spiro atoms. The number of fused-ring (bicyclic) bond motifs is 3. The Morgan fingerprint density at radius 3 is 2.71 bits per heavy atom. The van der Waals surface area contributed by atoms with Crippen molar-refractivity contribution < 1.29 is 9.53 Å². The van der Waals surface area contributed by atoms with Gasteiger partial charge in [0.15, 0.2) is 5.78 Å². The molecule has 0 fully saturated rings. The van der Waals surface area contributed by atoms with Crippen LogP contribution in [0, 0.1) is 0 Å². The summed E-state index contributed by atoms with van der Waals surface area (Å²) in [6.45, 7) is 8.42. The van der Waals surface area contributed by atoms with Gasteiger partial charge in [-0.15, -0.1) is 0 Å². The standard InChI is InChI=1S/C19H26BrNO2Si/c1-24(2,3)12-11-23-13-21-16-9-4-5-10-17(22)18(16)14-7-6-8-15(20)19(14)21/h6-8H,4-5,9-13H2,1-3H3. The molecule has 0 saturated carbocycles. The maximum atomic E-state index is 12.6. The van der Waals surface area contributed by atoms with Crippen LogP contribution in [-0.4, -0.2) is 25.0 Å². The molecule has 1 aromatic heterocycles. The first-order valence-corrected chi connectivity index (χ1v) is 13.3. The summed E-state index contributed by atoms with van der Waals surface area (Å²) in [5, 5.41) is 1.07. The van der Waals surface area contributed by atoms with Crippen molar-refractivity contribution in [1.82, 2.24) is 4.57 Å². The molecule has 1 aromatic carbocycles. The Bertz CT molecular complexity index is 761. The smallest absolute Gasteiger partial charge is 0.165 e. The molecule has 2 aromatic rings. The van der Waals surface area contributed by atoms with Gasteiger partial charge in [0.2, 0.25) is 0 Å². The van der Waals surface area contributed by atoms with Gasteiger partial charge >= 0.3 is 0 Å². The molecule has 0 bridgehead atoms. The van der Waals surface area contributed by atoms with E-state index in [2.05, 4.69) is 46.2 Å². The average molecular weight is 408 g/mol. The van der Waals surface area contributed by atoms with Gasteiger partial charge in [-0.25, -0.2) is 0 Å². The van der Waals surface area contributed by atoms with Gasteiger partial charge in [0.05, 0.1) is 5.52 Å². The maximum absolute atomic E-state index is 12.6. The van der Waals surface area contributed by atoms with E-state index in [9.17, 15) is 4.79 Å². The van der Waals surface area contributed by atoms with Crippen LogP contribution in [0.2, 0.25) is 25.7 Å². The van der Waals surface area contributed by atoms with Gasteiger partial charge in [0.25, 0.3) is 0 Å². The number of carbonyl (C=O) groups is 1. The molecule has 0 radical (unpaired) electrons. The number of hydrogen-bond acceptors (Lipinski definition) is 2. The Balaban J connectivity index is 1.97. The molecule has 1 aliphatic rings. The molecule has 0 amide bonds. The second kappa shape index (κ2) is 7.14. The topological polar surface area (TPSA) is 31.2 Å². The molecular formula is C19H26BrNO2Si. The Labute approximate surface area is 153 Å². The molecule has 3 rings (SSSR count). The molecule has 0 N–H and O–H groups in total. The van der Waals surface area contributed by atoms with E-state index in [1.807, 2.05) is 12.1 Å². The number of rotatable bonds is 5. The molecule has 1 heterocycles. The fraction of sp³-hybridized carbons (Fsp3) is 0.526. The second-order valence-electron chi connectivity index (χ2n) is 7.86. The third-order valence-electron chi connectivity index (χ3n) is 4.70. The molecule has 130 valence electrons. The van der Waals surface area contributed by atoms with Crippen LogP contribution in [0.25, 0.3) is 10.9 Å². The lowest BCUT2D eigenvalue weighted by atomic mass is 10.1. The minimum Gasteiger partial charge on any atom is -0.361 e. The number of para-hydroxylation sites is 1. The van der Waals surface area contributed by atoms with Crippen LogP contribution in [0.3, 0.4) is 0 Å². The van der Waals surface area contributed by atoms with Crippen LogP contribution in [0.15, 0.2) is 22.7 Å². The third kappa shape index (κ3) is 3.68. The molecule has 1 aliphatic carbocycles. The van der Waals surface area contributed by atoms with E-state index in [0.29, 0.717) is 13.2 Å². The van der Waals surface area contributed by atoms with Crippen molar-refractivity contribution in [2.45, 2.75) is 58.1 Å². The minimum atomic E-state index is -1.09. The fourth-order valence-corrected chi connectivity index (χ4v) is 4.70. The van der Waals surface area contributed by atoms with Gasteiger partial charge in [-0.2, -0.15) is 0 Å². The number of carbonyl (C=O) groups excluding carboxylic acids is 1. The third-order valence-corrected chi connectivity index (χ3v) is 7.05. The summed E-state index contributed by atoms with van der Waals surface area (Å²) >= 11 is 3.67. The SMILES string of the molecule is C[Si](C)(C)CCOCn1c2c(c3cccc(Br)c31)C(=O)CCCC2. The normalized spacial score (nSPS) is 15.6. The second-order valence-corrected chi connectivity index (χ2v) is 14.3. The van der Waals surface area contributed by atoms with Crippen LogP contribution in [-0.2, 0) is 17.9 Å². The minimum absolute atomic E-state index is 0.284. The summed E-state index contributed by atoms with van der Waals surface area (Å²) in [5.74, 6) is 0.284. The van der Waals surface area contributed by atoms with Crippen molar-refractivity contribution in [3.8, 4) is 0 Å². The summed E-state index contributed by atoms with van der Waals surface area (Å²) in [6.07, 6.45) is 3.68. The Morgan fingerprint density at radius 2 is 1.96 bits per heavy atom. The van der Waals surface area contributed by atoms with Crippen LogP contribution < -0.4 is 0 Å². The largest absolute Gasteiger partial charge is 0.361 e. The summed E-state index contributed by atoms with van der Waals surface area (Å²) < 4.78 is 9.29. The maximum Gasteiger partial charge on any atom is 0.165 e. The highest BCUT2D eigenvalue weighted by molar-refractivity contribution is 9.10. The predicted molar refractivity (Wildman–Crippen MR) is 106 cm³/mol. The zero-order valence-corrected chi connectivity index (χ0v) is 17.4. The van der Waals surface area contributed by atoms with E-state index in [1.54, 1.807) is 0 Å². The predicted octanol–water partition coefficient (Wildman–Crippen LogP) is 5.63. The Kier molecular flexibility index (Phi) is 5.32. The molecule has 0 atom stereocenters. The molecule has 3 nitrogen and oxygen atoms in total. The van der Waals surface area contributed by atoms with Crippen LogP contribution in [0.1, 0.15) is 35.3 Å². The first-order valence-electron chi connectivity index (χ1n) is 8.79. The van der Waals surface area contributed by atoms with E-state index in [0.717, 1.165) is 58.5 Å². The van der Waals surface area contributed by atoms with Crippen molar-refractivity contribution >= 4 is 40.7 Å². The van der Waals surface area contributed by atoms with E-state index >= 15 is 0 Å². The lowest BCUT2D eigenvalue weighted by Crippen LogP contribution is -2.22. The van der Waals surface area contributed by atoms with Crippen LogP contribution in [0.5, 0.6) is 0 Å². The lowest BCUT2D eigenvalue weighted by Gasteiger charge is -2.17. The monoisotopic (exact) mass is 407 g/mol. The van der Waals surface area contributed by atoms with Gasteiger partial charge in [0, 0.05) is 42.2 Å². The zero-order valence-electron chi connectivity index (χ0n) is 14.8. The highest BCUT2D eigenvalue weighted by atomic mass is 79.9. The highest BCUT2D eigenvalue weighted by Gasteiger charge is 2.25. The number of ketones is 1. The number of halogens is 1. The van der Waals surface area contributed by atoms with Crippen LogP contribution >= 0.6 is 15.9 Å². The van der Waals surface area contributed by atoms with Gasteiger partial charge in [0.1, 0.15) is 6.73 Å². The summed E-state index contributed by atoms with van der Waals surface area (Å²) in [6, 6.07) is 7.29. The number of hydrogen-bond donors (Lipinski definition) is 0. The van der Waals surface area contributed by atoms with Crippen molar-refractivity contribution in [3.63, 3.8) is 0 Å². The molecular weight excluding hydrogens is 382 g/mol. The molecule has 0 saturated heterocycles. The number of nitrogens with zero attached hydrogens (tertiary/aromatic N) is 1. The van der Waals surface area contributed by atoms with Gasteiger partial charge in [-0.3, -0.25) is 4.79 Å². The Morgan fingerprint density at radius 1 is 1.21 bits per heavy atom. The zero-order chi connectivity index (χ0) is 17.3. The molecule has 0 aliphatic heterocycles. The number of aromatic nitrogens is 1. The quantitative estimate of drug-likeness (QED) is 0.365. The summed E-state index contributed by atoms with van der Waals surface area (Å²) in [5.41, 5.74) is 3.19. The van der Waals surface area contributed by atoms with E-state index in [1.165, 1.54) is 0 Å². The average Bonchev–Trinajstić information content (AvgIpc) is 2.69. The van der Waals surface area contributed by atoms with Gasteiger partial charge in [-0.1, -0.05) is 31.8 Å². The fourth-order valence-electron chi connectivity index (χ4n) is 3.37. The number of Topliss-reactive ketones (excluding diaryl/α,β-unsaturated/α-hetero) is 1. The van der Waals surface area contributed by atoms with Gasteiger partial charge in [-0.05, 0) is 47.3 Å². The number of ether oxygens (including phenoxy) is 1. The van der Waals surface area contributed by atoms with E-state index < -0.39 is 8.07 Å². The molecule has 24 heavy (non-hydrogen) atoms. The lowest BCUT2D eigenvalue weighted by molar-refractivity contribution is 0.0880. The highest BCUT2D eigenvalue weighted by Crippen LogP contribution is 2.35. The van der Waals surface area contributed by atoms with Crippen molar-refractivity contribution in [2.24, 2.45) is 0 Å². The first-order chi connectivity index (χ1) is 11.4. The summed E-state index contributed by atoms with van der Waals surface area (Å²) in [4.78, 5) is 12.6. The van der Waals surface area contributed by atoms with E-state index in [-0.39, 0.29) is 5.78 Å². The van der Waals surface area contributed by atoms with Crippen molar-refractivity contribution in [1.29, 1.82) is 0 Å². The van der Waals surface area contributed by atoms with Crippen molar-refractivity contribution in [3.05, 3.63) is 33.9 Å². The van der Waals surface area contributed by atoms with E-state index in [4.69, 9.17) is 4.74 Å². The Hall–Kier alpha value is -0.913. The summed E-state index contributed by atoms with van der Waals surface area (Å²) in [7, 11) is -1.09. The van der Waals surface area contributed by atoms with Crippen LogP contribution in [0.4, 0.5) is 0 Å². The van der Waals surface area contributed by atoms with Gasteiger partial charge < -0.3 is 9.30 Å². The molecule has 5 heteroatoms. The first kappa shape index (κ1) is 17.9.